The topological polar surface area (TPSA) is 165 Å². The third-order valence-electron chi connectivity index (χ3n) is 5.01. The molecule has 2 aliphatic heterocycles. The second-order valence-electron chi connectivity index (χ2n) is 7.08. The van der Waals surface area contributed by atoms with Gasteiger partial charge in [0.05, 0.1) is 12.5 Å². The van der Waals surface area contributed by atoms with Crippen LogP contribution in [0.4, 0.5) is 0 Å². The third-order valence-corrected chi connectivity index (χ3v) is 5.37. The number of carbonyl (C=O) groups excluding carboxylic acids is 3. The van der Waals surface area contributed by atoms with Crippen molar-refractivity contribution >= 4 is 42.3 Å². The molecule has 0 aromatic carbocycles. The number of hydrogen-bond acceptors (Lipinski definition) is 7. The van der Waals surface area contributed by atoms with E-state index < -0.39 is 48.3 Å². The molecule has 2 rings (SSSR count). The zero-order chi connectivity index (χ0) is 21.6. The zero-order valence-corrected chi connectivity index (χ0v) is 16.7. The second kappa shape index (κ2) is 10.4. The number of nitrogens with zero attached hydrogens (tertiary/aromatic N) is 1. The van der Waals surface area contributed by atoms with Crippen LogP contribution in [0.15, 0.2) is 0 Å². The first kappa shape index (κ1) is 22.9. The van der Waals surface area contributed by atoms with Crippen molar-refractivity contribution in [2.24, 2.45) is 0 Å². The predicted octanol–water partition coefficient (Wildman–Crippen LogP) is -1.81. The standard InChI is InChI=1S/C17H26N4O7S/c22-13(23)7-10(14(24)20-11(8-29)17(27)28)19-15(25)12-4-2-6-21(12)16(26)9-3-1-5-18-9/h9-12,18,29H,1-8H2,(H,19,25)(H,20,24)(H,22,23)(H,27,28). The van der Waals surface area contributed by atoms with Crippen molar-refractivity contribution in [2.75, 3.05) is 18.8 Å². The zero-order valence-electron chi connectivity index (χ0n) is 15.8. The molecule has 12 heteroatoms. The monoisotopic (exact) mass is 430 g/mol. The lowest BCUT2D eigenvalue weighted by atomic mass is 10.1. The van der Waals surface area contributed by atoms with Crippen LogP contribution in [-0.4, -0.2) is 87.8 Å². The van der Waals surface area contributed by atoms with Gasteiger partial charge in [0.25, 0.3) is 0 Å². The van der Waals surface area contributed by atoms with Crippen LogP contribution >= 0.6 is 12.6 Å². The minimum absolute atomic E-state index is 0.180. The summed E-state index contributed by atoms with van der Waals surface area (Å²) in [6.07, 6.45) is 1.86. The van der Waals surface area contributed by atoms with Gasteiger partial charge in [0, 0.05) is 12.3 Å². The molecule has 5 N–H and O–H groups in total. The van der Waals surface area contributed by atoms with Crippen molar-refractivity contribution in [3.63, 3.8) is 0 Å². The van der Waals surface area contributed by atoms with Crippen LogP contribution < -0.4 is 16.0 Å². The predicted molar refractivity (Wildman–Crippen MR) is 103 cm³/mol. The maximum Gasteiger partial charge on any atom is 0.327 e. The van der Waals surface area contributed by atoms with Gasteiger partial charge in [0.15, 0.2) is 0 Å². The lowest BCUT2D eigenvalue weighted by molar-refractivity contribution is -0.144. The minimum atomic E-state index is -1.47. The summed E-state index contributed by atoms with van der Waals surface area (Å²) >= 11 is 3.84. The van der Waals surface area contributed by atoms with E-state index in [4.69, 9.17) is 10.2 Å². The average Bonchev–Trinajstić information content (AvgIpc) is 3.35. The Kier molecular flexibility index (Phi) is 8.26. The molecular weight excluding hydrogens is 404 g/mol. The molecule has 0 bridgehead atoms. The second-order valence-corrected chi connectivity index (χ2v) is 7.44. The Labute approximate surface area is 173 Å². The van der Waals surface area contributed by atoms with Crippen LogP contribution in [0.1, 0.15) is 32.1 Å². The molecule has 2 saturated heterocycles. The van der Waals surface area contributed by atoms with Gasteiger partial charge in [-0.1, -0.05) is 0 Å². The van der Waals surface area contributed by atoms with Crippen molar-refractivity contribution in [3.8, 4) is 0 Å². The highest BCUT2D eigenvalue weighted by atomic mass is 32.1. The van der Waals surface area contributed by atoms with Crippen LogP contribution in [-0.2, 0) is 24.0 Å². The molecule has 4 unspecified atom stereocenters. The molecule has 2 fully saturated rings. The van der Waals surface area contributed by atoms with E-state index in [-0.39, 0.29) is 17.7 Å². The Balaban J connectivity index is 2.05. The molecule has 3 amide bonds. The van der Waals surface area contributed by atoms with Gasteiger partial charge in [0.1, 0.15) is 18.1 Å². The maximum absolute atomic E-state index is 12.7. The summed E-state index contributed by atoms with van der Waals surface area (Å²) < 4.78 is 0. The number of aliphatic carboxylic acids is 2. The number of carboxylic acid groups (broad SMARTS) is 2. The number of hydrogen-bond donors (Lipinski definition) is 6. The van der Waals surface area contributed by atoms with Gasteiger partial charge in [-0.25, -0.2) is 4.79 Å². The minimum Gasteiger partial charge on any atom is -0.481 e. The molecule has 11 nitrogen and oxygen atoms in total. The highest BCUT2D eigenvalue weighted by Crippen LogP contribution is 2.21. The summed E-state index contributed by atoms with van der Waals surface area (Å²) in [5.74, 6) is -4.61. The fraction of sp³-hybridized carbons (Fsp3) is 0.706. The van der Waals surface area contributed by atoms with Crippen LogP contribution in [0, 0.1) is 0 Å². The van der Waals surface area contributed by atoms with Gasteiger partial charge >= 0.3 is 11.9 Å². The maximum atomic E-state index is 12.7. The van der Waals surface area contributed by atoms with Crippen molar-refractivity contribution in [1.82, 2.24) is 20.9 Å². The molecule has 0 radical (unpaired) electrons. The Hall–Kier alpha value is -2.34. The number of rotatable bonds is 9. The lowest BCUT2D eigenvalue weighted by Crippen LogP contribution is -2.57. The Morgan fingerprint density at radius 2 is 1.79 bits per heavy atom. The van der Waals surface area contributed by atoms with Crippen LogP contribution in [0.3, 0.4) is 0 Å². The van der Waals surface area contributed by atoms with Crippen LogP contribution in [0.5, 0.6) is 0 Å². The molecule has 0 aromatic rings. The number of nitrogens with one attached hydrogen (secondary N) is 3. The summed E-state index contributed by atoms with van der Waals surface area (Å²) in [6.45, 7) is 1.14. The average molecular weight is 430 g/mol. The normalized spacial score (nSPS) is 23.3. The Bertz CT molecular complexity index is 668. The van der Waals surface area contributed by atoms with Crippen molar-refractivity contribution in [2.45, 2.75) is 56.3 Å². The number of amides is 3. The highest BCUT2D eigenvalue weighted by molar-refractivity contribution is 7.80. The summed E-state index contributed by atoms with van der Waals surface area (Å²) in [4.78, 5) is 61.4. The molecule has 0 spiro atoms. The van der Waals surface area contributed by atoms with Crippen molar-refractivity contribution in [3.05, 3.63) is 0 Å². The van der Waals surface area contributed by atoms with E-state index in [1.165, 1.54) is 4.90 Å². The first-order valence-electron chi connectivity index (χ1n) is 9.44. The Morgan fingerprint density at radius 3 is 2.34 bits per heavy atom. The largest absolute Gasteiger partial charge is 0.481 e. The summed E-state index contributed by atoms with van der Waals surface area (Å²) in [5.41, 5.74) is 0. The number of carbonyl (C=O) groups is 5. The lowest BCUT2D eigenvalue weighted by Gasteiger charge is -2.28. The van der Waals surface area contributed by atoms with Gasteiger partial charge < -0.3 is 31.1 Å². The molecule has 2 aliphatic rings. The fourth-order valence-corrected chi connectivity index (χ4v) is 3.76. The summed E-state index contributed by atoms with van der Waals surface area (Å²) in [7, 11) is 0. The molecule has 4 atom stereocenters. The SMILES string of the molecule is O=C(O)CC(NC(=O)C1CCCN1C(=O)C1CCCN1)C(=O)NC(CS)C(=O)O. The first-order chi connectivity index (χ1) is 13.7. The third kappa shape index (κ3) is 6.07. The van der Waals surface area contributed by atoms with E-state index in [9.17, 15) is 24.0 Å². The van der Waals surface area contributed by atoms with Gasteiger partial charge in [-0.15, -0.1) is 0 Å². The van der Waals surface area contributed by atoms with Crippen molar-refractivity contribution < 1.29 is 34.2 Å². The summed E-state index contributed by atoms with van der Waals surface area (Å²) in [5, 5.41) is 25.7. The molecule has 0 aliphatic carbocycles. The van der Waals surface area contributed by atoms with E-state index in [1.807, 2.05) is 0 Å². The molecule has 0 saturated carbocycles. The van der Waals surface area contributed by atoms with Crippen LogP contribution in [0.25, 0.3) is 0 Å². The smallest absolute Gasteiger partial charge is 0.327 e. The molecular formula is C17H26N4O7S. The molecule has 162 valence electrons. The number of carboxylic acids is 2. The molecule has 29 heavy (non-hydrogen) atoms. The van der Waals surface area contributed by atoms with E-state index >= 15 is 0 Å². The molecule has 0 aromatic heterocycles. The quantitative estimate of drug-likeness (QED) is 0.233. The van der Waals surface area contributed by atoms with E-state index in [0.29, 0.717) is 25.8 Å². The number of likely N-dealkylation sites (tertiary alicyclic amines) is 1. The summed E-state index contributed by atoms with van der Waals surface area (Å²) in [6, 6.07) is -3.93. The van der Waals surface area contributed by atoms with E-state index in [1.54, 1.807) is 0 Å². The van der Waals surface area contributed by atoms with Crippen molar-refractivity contribution in [1.29, 1.82) is 0 Å². The van der Waals surface area contributed by atoms with Gasteiger partial charge in [0.2, 0.25) is 17.7 Å². The van der Waals surface area contributed by atoms with Gasteiger partial charge in [-0.2, -0.15) is 12.6 Å². The molecule has 2 heterocycles. The Morgan fingerprint density at radius 1 is 1.07 bits per heavy atom. The van der Waals surface area contributed by atoms with Gasteiger partial charge in [-0.05, 0) is 32.2 Å². The first-order valence-corrected chi connectivity index (χ1v) is 10.1. The van der Waals surface area contributed by atoms with Crippen LogP contribution in [0.2, 0.25) is 0 Å². The van der Waals surface area contributed by atoms with E-state index in [2.05, 4.69) is 28.6 Å². The number of thiol groups is 1. The fourth-order valence-electron chi connectivity index (χ4n) is 3.51. The van der Waals surface area contributed by atoms with E-state index in [0.717, 1.165) is 13.0 Å². The highest BCUT2D eigenvalue weighted by Gasteiger charge is 2.39. The van der Waals surface area contributed by atoms with Gasteiger partial charge in [-0.3, -0.25) is 19.2 Å².